The van der Waals surface area contributed by atoms with Crippen LogP contribution in [0.3, 0.4) is 0 Å². The molecule has 3 atom stereocenters. The van der Waals surface area contributed by atoms with Gasteiger partial charge in [0.1, 0.15) is 0 Å². The maximum atomic E-state index is 5.77. The summed E-state index contributed by atoms with van der Waals surface area (Å²) in [5.41, 5.74) is 6.93. The van der Waals surface area contributed by atoms with Gasteiger partial charge in [-0.2, -0.15) is 0 Å². The van der Waals surface area contributed by atoms with Crippen molar-refractivity contribution in [2.75, 3.05) is 0 Å². The van der Waals surface area contributed by atoms with Crippen molar-refractivity contribution in [2.45, 2.75) is 19.8 Å². The maximum Gasteiger partial charge on any atom is 0.00745 e. The first kappa shape index (κ1) is 5.33. The molecule has 0 spiro atoms. The van der Waals surface area contributed by atoms with E-state index < -0.39 is 0 Å². The molecule has 2 bridgehead atoms. The van der Waals surface area contributed by atoms with Gasteiger partial charge in [-0.25, -0.2) is 0 Å². The van der Waals surface area contributed by atoms with Crippen LogP contribution in [0, 0.1) is 17.8 Å². The second-order valence-corrected chi connectivity index (χ2v) is 3.40. The lowest BCUT2D eigenvalue weighted by Gasteiger charge is -2.46. The number of nitrogens with two attached hydrogens (primary N) is 1. The van der Waals surface area contributed by atoms with Gasteiger partial charge in [0.2, 0.25) is 0 Å². The van der Waals surface area contributed by atoms with Crippen LogP contribution in [0.1, 0.15) is 19.8 Å². The Morgan fingerprint density at radius 1 is 1.67 bits per heavy atom. The van der Waals surface area contributed by atoms with Crippen LogP contribution < -0.4 is 5.73 Å². The quantitative estimate of drug-likeness (QED) is 0.519. The maximum absolute atomic E-state index is 5.77. The largest absolute Gasteiger partial charge is 0.402 e. The zero-order chi connectivity index (χ0) is 6.43. The monoisotopic (exact) mass is 123 g/mol. The number of fused-ring (bicyclic) bond motifs is 1. The molecule has 3 rings (SSSR count). The summed E-state index contributed by atoms with van der Waals surface area (Å²) in [5, 5.41) is 0. The van der Waals surface area contributed by atoms with Crippen molar-refractivity contribution >= 4 is 0 Å². The Labute approximate surface area is 55.9 Å². The third-order valence-electron chi connectivity index (χ3n) is 3.02. The number of hydrogen-bond acceptors (Lipinski definition) is 1. The van der Waals surface area contributed by atoms with Crippen LogP contribution in [0.4, 0.5) is 0 Å². The first-order valence-electron chi connectivity index (χ1n) is 3.74. The molecule has 0 aromatic heterocycles. The Balaban J connectivity index is 2.22. The summed E-state index contributed by atoms with van der Waals surface area (Å²) in [7, 11) is 0. The molecule has 1 unspecified atom stereocenters. The van der Waals surface area contributed by atoms with E-state index in [1.54, 1.807) is 0 Å². The molecule has 9 heavy (non-hydrogen) atoms. The average Bonchev–Trinajstić information content (AvgIpc) is 1.86. The fraction of sp³-hybridized carbons (Fsp3) is 0.750. The van der Waals surface area contributed by atoms with Crippen LogP contribution in [0.15, 0.2) is 11.8 Å². The van der Waals surface area contributed by atoms with Gasteiger partial charge in [0.15, 0.2) is 0 Å². The van der Waals surface area contributed by atoms with Gasteiger partial charge in [0.25, 0.3) is 0 Å². The highest BCUT2D eigenvalue weighted by Crippen LogP contribution is 2.48. The smallest absolute Gasteiger partial charge is 0.00745 e. The van der Waals surface area contributed by atoms with Gasteiger partial charge in [-0.1, -0.05) is 13.0 Å². The molecule has 1 fully saturated rings. The summed E-state index contributed by atoms with van der Waals surface area (Å²) in [6, 6.07) is 0. The zero-order valence-corrected chi connectivity index (χ0v) is 5.80. The lowest BCUT2D eigenvalue weighted by molar-refractivity contribution is 0.102. The van der Waals surface area contributed by atoms with Crippen LogP contribution in [0.25, 0.3) is 0 Å². The molecule has 3 aliphatic rings. The van der Waals surface area contributed by atoms with Crippen LogP contribution in [-0.2, 0) is 0 Å². The SMILES string of the molecule is C[C@H]1C2CC=C(N)[C@@H]1C2. The molecule has 0 saturated heterocycles. The summed E-state index contributed by atoms with van der Waals surface area (Å²) in [6.45, 7) is 2.32. The molecule has 50 valence electrons. The molecule has 1 heteroatoms. The second kappa shape index (κ2) is 1.53. The first-order chi connectivity index (χ1) is 4.29. The molecular formula is C8H13N. The van der Waals surface area contributed by atoms with Crippen LogP contribution >= 0.6 is 0 Å². The van der Waals surface area contributed by atoms with E-state index in [0.717, 1.165) is 23.5 Å². The molecule has 1 nitrogen and oxygen atoms in total. The van der Waals surface area contributed by atoms with Crippen molar-refractivity contribution in [1.29, 1.82) is 0 Å². The molecule has 3 aliphatic carbocycles. The van der Waals surface area contributed by atoms with Crippen LogP contribution in [-0.4, -0.2) is 0 Å². The summed E-state index contributed by atoms with van der Waals surface area (Å²) in [4.78, 5) is 0. The van der Waals surface area contributed by atoms with E-state index in [0.29, 0.717) is 0 Å². The molecule has 0 heterocycles. The highest BCUT2D eigenvalue weighted by atomic mass is 14.7. The van der Waals surface area contributed by atoms with Crippen molar-refractivity contribution in [1.82, 2.24) is 0 Å². The average molecular weight is 123 g/mol. The topological polar surface area (TPSA) is 26.0 Å². The minimum atomic E-state index is 0.753. The minimum Gasteiger partial charge on any atom is -0.402 e. The summed E-state index contributed by atoms with van der Waals surface area (Å²) < 4.78 is 0. The van der Waals surface area contributed by atoms with E-state index in [-0.39, 0.29) is 0 Å². The number of rotatable bonds is 0. The van der Waals surface area contributed by atoms with Crippen molar-refractivity contribution in [3.05, 3.63) is 11.8 Å². The van der Waals surface area contributed by atoms with Gasteiger partial charge in [-0.05, 0) is 24.7 Å². The minimum absolute atomic E-state index is 0.753. The lowest BCUT2D eigenvalue weighted by atomic mass is 9.60. The number of allylic oxidation sites excluding steroid dienone is 2. The standard InChI is InChI=1S/C8H13N/c1-5-6-2-3-8(9)7(5)4-6/h3,5-7H,2,4,9H2,1H3/t5-,6?,7+/m0/s1. The Morgan fingerprint density at radius 2 is 2.44 bits per heavy atom. The van der Waals surface area contributed by atoms with Gasteiger partial charge >= 0.3 is 0 Å². The Morgan fingerprint density at radius 3 is 2.78 bits per heavy atom. The normalized spacial score (nSPS) is 47.7. The van der Waals surface area contributed by atoms with Gasteiger partial charge in [-0.3, -0.25) is 0 Å². The molecule has 2 N–H and O–H groups in total. The van der Waals surface area contributed by atoms with E-state index >= 15 is 0 Å². The van der Waals surface area contributed by atoms with Gasteiger partial charge in [0, 0.05) is 11.6 Å². The lowest BCUT2D eigenvalue weighted by Crippen LogP contribution is -2.40. The molecule has 1 saturated carbocycles. The van der Waals surface area contributed by atoms with Crippen LogP contribution in [0.5, 0.6) is 0 Å². The summed E-state index contributed by atoms with van der Waals surface area (Å²) >= 11 is 0. The summed E-state index contributed by atoms with van der Waals surface area (Å²) in [6.07, 6.45) is 4.81. The highest BCUT2D eigenvalue weighted by molar-refractivity contribution is 5.15. The molecule has 0 amide bonds. The van der Waals surface area contributed by atoms with Crippen molar-refractivity contribution in [3.63, 3.8) is 0 Å². The van der Waals surface area contributed by atoms with E-state index in [1.807, 2.05) is 0 Å². The molecular weight excluding hydrogens is 110 g/mol. The molecule has 0 radical (unpaired) electrons. The predicted octanol–water partition coefficient (Wildman–Crippen LogP) is 1.50. The second-order valence-electron chi connectivity index (χ2n) is 3.40. The molecule has 0 aliphatic heterocycles. The highest BCUT2D eigenvalue weighted by Gasteiger charge is 2.40. The fourth-order valence-electron chi connectivity index (χ4n) is 2.08. The molecule has 0 aromatic carbocycles. The number of hydrogen-bond donors (Lipinski definition) is 1. The van der Waals surface area contributed by atoms with Crippen molar-refractivity contribution in [3.8, 4) is 0 Å². The third kappa shape index (κ3) is 0.549. The predicted molar refractivity (Wildman–Crippen MR) is 37.6 cm³/mol. The van der Waals surface area contributed by atoms with Crippen molar-refractivity contribution in [2.24, 2.45) is 23.5 Å². The molecule has 0 aromatic rings. The van der Waals surface area contributed by atoms with Gasteiger partial charge in [0.05, 0.1) is 0 Å². The van der Waals surface area contributed by atoms with E-state index in [4.69, 9.17) is 5.73 Å². The summed E-state index contributed by atoms with van der Waals surface area (Å²) in [5.74, 6) is 2.61. The van der Waals surface area contributed by atoms with E-state index in [1.165, 1.54) is 12.8 Å². The first-order valence-corrected chi connectivity index (χ1v) is 3.74. The van der Waals surface area contributed by atoms with Crippen LogP contribution in [0.2, 0.25) is 0 Å². The van der Waals surface area contributed by atoms with Gasteiger partial charge in [-0.15, -0.1) is 0 Å². The van der Waals surface area contributed by atoms with E-state index in [9.17, 15) is 0 Å². The fourth-order valence-corrected chi connectivity index (χ4v) is 2.08. The Bertz CT molecular complexity index is 160. The van der Waals surface area contributed by atoms with Gasteiger partial charge < -0.3 is 5.73 Å². The zero-order valence-electron chi connectivity index (χ0n) is 5.80. The third-order valence-corrected chi connectivity index (χ3v) is 3.02. The Kier molecular flexibility index (Phi) is 0.904. The Hall–Kier alpha value is -0.460. The van der Waals surface area contributed by atoms with Crippen molar-refractivity contribution < 1.29 is 0 Å². The van der Waals surface area contributed by atoms with E-state index in [2.05, 4.69) is 13.0 Å².